The van der Waals surface area contributed by atoms with E-state index in [9.17, 15) is 4.79 Å². The van der Waals surface area contributed by atoms with Gasteiger partial charge in [-0.25, -0.2) is 4.79 Å². The third-order valence-electron chi connectivity index (χ3n) is 1.59. The lowest BCUT2D eigenvalue weighted by atomic mass is 10.5. The maximum absolute atomic E-state index is 11.0. The zero-order valence-electron chi connectivity index (χ0n) is 5.90. The van der Waals surface area contributed by atoms with Crippen molar-refractivity contribution in [3.8, 4) is 0 Å². The van der Waals surface area contributed by atoms with E-state index in [4.69, 9.17) is 0 Å². The van der Waals surface area contributed by atoms with Gasteiger partial charge in [0.25, 0.3) is 0 Å². The van der Waals surface area contributed by atoms with Crippen LogP contribution >= 0.6 is 0 Å². The topological polar surface area (TPSA) is 63.6 Å². The van der Waals surface area contributed by atoms with Gasteiger partial charge in [-0.1, -0.05) is 0 Å². The van der Waals surface area contributed by atoms with Crippen LogP contribution in [0, 0.1) is 0 Å². The molecule has 0 aromatic carbocycles. The largest absolute Gasteiger partial charge is 0.327 e. The van der Waals surface area contributed by atoms with Gasteiger partial charge in [-0.15, -0.1) is 5.10 Å². The molecule has 5 nitrogen and oxygen atoms in total. The molecule has 0 amide bonds. The van der Waals surface area contributed by atoms with E-state index in [2.05, 4.69) is 15.2 Å². The molecule has 0 saturated heterocycles. The fraction of sp³-hybridized carbons (Fsp3) is 0.167. The summed E-state index contributed by atoms with van der Waals surface area (Å²) in [7, 11) is 1.68. The van der Waals surface area contributed by atoms with Gasteiger partial charge in [0.2, 0.25) is 0 Å². The Labute approximate surface area is 61.7 Å². The van der Waals surface area contributed by atoms with E-state index in [1.54, 1.807) is 19.3 Å². The summed E-state index contributed by atoms with van der Waals surface area (Å²) in [6.07, 6.45) is 1.55. The van der Waals surface area contributed by atoms with Crippen LogP contribution < -0.4 is 5.69 Å². The average Bonchev–Trinajstić information content (AvgIpc) is 2.30. The Kier molecular flexibility index (Phi) is 1.06. The van der Waals surface area contributed by atoms with Gasteiger partial charge in [-0.2, -0.15) is 5.10 Å². The molecule has 0 saturated carbocycles. The minimum Gasteiger partial charge on any atom is -0.293 e. The van der Waals surface area contributed by atoms with Crippen LogP contribution in [0.1, 0.15) is 0 Å². The first-order valence-electron chi connectivity index (χ1n) is 3.15. The third-order valence-corrected chi connectivity index (χ3v) is 1.59. The molecule has 0 aliphatic heterocycles. The first-order chi connectivity index (χ1) is 5.29. The van der Waals surface area contributed by atoms with E-state index in [-0.39, 0.29) is 5.69 Å². The lowest BCUT2D eigenvalue weighted by Crippen LogP contribution is -2.11. The van der Waals surface area contributed by atoms with E-state index in [1.807, 2.05) is 0 Å². The monoisotopic (exact) mass is 150 g/mol. The molecule has 0 unspecified atom stereocenters. The number of hydrogen-bond acceptors (Lipinski definition) is 3. The normalized spacial score (nSPS) is 10.6. The number of aryl methyl sites for hydroxylation is 1. The van der Waals surface area contributed by atoms with Crippen molar-refractivity contribution < 1.29 is 0 Å². The highest BCUT2D eigenvalue weighted by molar-refractivity contribution is 5.69. The number of fused-ring (bicyclic) bond motifs is 1. The lowest BCUT2D eigenvalue weighted by Gasteiger charge is -1.87. The molecule has 0 radical (unpaired) electrons. The molecule has 0 aliphatic carbocycles. The number of aromatic nitrogens is 4. The second kappa shape index (κ2) is 1.91. The number of H-pyrrole nitrogens is 1. The number of rotatable bonds is 0. The molecular formula is C6H6N4O. The number of nitrogens with zero attached hydrogens (tertiary/aromatic N) is 3. The Morgan fingerprint density at radius 3 is 3.18 bits per heavy atom. The molecule has 5 heteroatoms. The first-order valence-corrected chi connectivity index (χ1v) is 3.15. The molecule has 1 N–H and O–H groups in total. The summed E-state index contributed by atoms with van der Waals surface area (Å²) in [6, 6.07) is 1.74. The quantitative estimate of drug-likeness (QED) is 0.558. The van der Waals surface area contributed by atoms with Crippen molar-refractivity contribution in [3.63, 3.8) is 0 Å². The highest BCUT2D eigenvalue weighted by Gasteiger charge is 2.01. The van der Waals surface area contributed by atoms with Crippen molar-refractivity contribution in [1.29, 1.82) is 0 Å². The second-order valence-corrected chi connectivity index (χ2v) is 2.25. The number of hydrogen-bond donors (Lipinski definition) is 1. The van der Waals surface area contributed by atoms with Crippen LogP contribution in [0.25, 0.3) is 11.2 Å². The van der Waals surface area contributed by atoms with Gasteiger partial charge in [0.05, 0.1) is 11.7 Å². The highest BCUT2D eigenvalue weighted by Crippen LogP contribution is 2.00. The predicted octanol–water partition coefficient (Wildman–Crippen LogP) is -0.343. The van der Waals surface area contributed by atoms with Crippen LogP contribution in [0.5, 0.6) is 0 Å². The van der Waals surface area contributed by atoms with Crippen LogP contribution in [0.3, 0.4) is 0 Å². The Bertz CT molecular complexity index is 441. The van der Waals surface area contributed by atoms with Gasteiger partial charge in [-0.05, 0) is 6.07 Å². The van der Waals surface area contributed by atoms with Crippen LogP contribution in [-0.4, -0.2) is 19.7 Å². The molecule has 56 valence electrons. The van der Waals surface area contributed by atoms with Crippen LogP contribution in [0.15, 0.2) is 17.1 Å². The van der Waals surface area contributed by atoms with Crippen molar-refractivity contribution in [2.24, 2.45) is 7.05 Å². The summed E-state index contributed by atoms with van der Waals surface area (Å²) < 4.78 is 1.49. The molecule has 0 aliphatic rings. The summed E-state index contributed by atoms with van der Waals surface area (Å²) in [5, 5.41) is 7.37. The van der Waals surface area contributed by atoms with E-state index in [0.717, 1.165) is 5.52 Å². The van der Waals surface area contributed by atoms with Gasteiger partial charge in [0.15, 0.2) is 5.65 Å². The predicted molar refractivity (Wildman–Crippen MR) is 39.1 cm³/mol. The Morgan fingerprint density at radius 1 is 1.64 bits per heavy atom. The zero-order valence-corrected chi connectivity index (χ0v) is 5.90. The molecule has 0 bridgehead atoms. The van der Waals surface area contributed by atoms with Gasteiger partial charge < -0.3 is 0 Å². The van der Waals surface area contributed by atoms with E-state index < -0.39 is 0 Å². The summed E-state index contributed by atoms with van der Waals surface area (Å²) in [6.45, 7) is 0. The van der Waals surface area contributed by atoms with Crippen molar-refractivity contribution in [2.75, 3.05) is 0 Å². The number of imidazole rings is 1. The third kappa shape index (κ3) is 0.739. The molecule has 2 heterocycles. The minimum absolute atomic E-state index is 0.166. The van der Waals surface area contributed by atoms with Crippen LogP contribution in [0.4, 0.5) is 0 Å². The highest BCUT2D eigenvalue weighted by atomic mass is 16.1. The van der Waals surface area contributed by atoms with Crippen molar-refractivity contribution in [1.82, 2.24) is 19.7 Å². The van der Waals surface area contributed by atoms with Gasteiger partial charge in [-0.3, -0.25) is 9.55 Å². The summed E-state index contributed by atoms with van der Waals surface area (Å²) in [4.78, 5) is 13.5. The first kappa shape index (κ1) is 6.09. The Balaban J connectivity index is 3.04. The maximum Gasteiger partial charge on any atom is 0.327 e. The van der Waals surface area contributed by atoms with Crippen molar-refractivity contribution in [3.05, 3.63) is 22.7 Å². The lowest BCUT2D eigenvalue weighted by molar-refractivity contribution is 0.891. The van der Waals surface area contributed by atoms with Crippen LogP contribution in [-0.2, 0) is 7.05 Å². The fourth-order valence-corrected chi connectivity index (χ4v) is 0.979. The zero-order chi connectivity index (χ0) is 7.84. The number of nitrogens with one attached hydrogen (secondary N) is 1. The van der Waals surface area contributed by atoms with Gasteiger partial charge >= 0.3 is 5.69 Å². The molecule has 2 rings (SSSR count). The molecule has 2 aromatic heterocycles. The van der Waals surface area contributed by atoms with Crippen LogP contribution in [0.2, 0.25) is 0 Å². The fourth-order valence-electron chi connectivity index (χ4n) is 0.979. The molecule has 11 heavy (non-hydrogen) atoms. The molecule has 0 spiro atoms. The van der Waals surface area contributed by atoms with Gasteiger partial charge in [0.1, 0.15) is 0 Å². The second-order valence-electron chi connectivity index (χ2n) is 2.25. The summed E-state index contributed by atoms with van der Waals surface area (Å²) in [5.41, 5.74) is 1.13. The Morgan fingerprint density at radius 2 is 2.45 bits per heavy atom. The SMILES string of the molecule is Cn1c(=O)[nH]c2nnccc21. The molecular weight excluding hydrogens is 144 g/mol. The number of aromatic amines is 1. The summed E-state index contributed by atoms with van der Waals surface area (Å²) in [5.74, 6) is 0. The molecule has 2 aromatic rings. The van der Waals surface area contributed by atoms with Crippen molar-refractivity contribution in [2.45, 2.75) is 0 Å². The van der Waals surface area contributed by atoms with Crippen molar-refractivity contribution >= 4 is 11.2 Å². The molecule has 0 atom stereocenters. The van der Waals surface area contributed by atoms with E-state index in [1.165, 1.54) is 4.57 Å². The van der Waals surface area contributed by atoms with Gasteiger partial charge in [0, 0.05) is 7.05 Å². The van der Waals surface area contributed by atoms with E-state index >= 15 is 0 Å². The maximum atomic E-state index is 11.0. The molecule has 0 fully saturated rings. The van der Waals surface area contributed by atoms with E-state index in [0.29, 0.717) is 5.65 Å². The standard InChI is InChI=1S/C6H6N4O/c1-10-4-2-3-7-9-5(4)8-6(10)11/h2-3H,1H3,(H,8,9,11). The minimum atomic E-state index is -0.166. The Hall–Kier alpha value is -1.65. The average molecular weight is 150 g/mol. The summed E-state index contributed by atoms with van der Waals surface area (Å²) >= 11 is 0. The smallest absolute Gasteiger partial charge is 0.293 e.